The van der Waals surface area contributed by atoms with Gasteiger partial charge in [-0.1, -0.05) is 23.7 Å². The lowest BCUT2D eigenvalue weighted by atomic mass is 10.1. The second-order valence-corrected chi connectivity index (χ2v) is 8.99. The van der Waals surface area contributed by atoms with E-state index in [-0.39, 0.29) is 11.4 Å². The van der Waals surface area contributed by atoms with Gasteiger partial charge in [-0.05, 0) is 54.1 Å². The van der Waals surface area contributed by atoms with E-state index in [1.54, 1.807) is 12.1 Å². The summed E-state index contributed by atoms with van der Waals surface area (Å²) in [7, 11) is -4.27. The van der Waals surface area contributed by atoms with Crippen LogP contribution < -0.4 is 0 Å². The summed E-state index contributed by atoms with van der Waals surface area (Å²) in [6.45, 7) is -0.0857. The highest BCUT2D eigenvalue weighted by atomic mass is 35.5. The van der Waals surface area contributed by atoms with Gasteiger partial charge in [0, 0.05) is 5.02 Å². The van der Waals surface area contributed by atoms with Crippen molar-refractivity contribution in [3.05, 3.63) is 99.8 Å². The molecule has 9 heteroatoms. The van der Waals surface area contributed by atoms with Crippen molar-refractivity contribution < 1.29 is 27.1 Å². The number of rotatable bonds is 5. The molecule has 1 N–H and O–H groups in total. The minimum absolute atomic E-state index is 0.0857. The lowest BCUT2D eigenvalue weighted by molar-refractivity contribution is -0.130. The average Bonchev–Trinajstić information content (AvgIpc) is 3.31. The highest BCUT2D eigenvalue weighted by Gasteiger charge is 2.47. The summed E-state index contributed by atoms with van der Waals surface area (Å²) < 4.78 is 45.5. The van der Waals surface area contributed by atoms with Gasteiger partial charge in [-0.2, -0.15) is 0 Å². The number of hydrogen-bond donors (Lipinski definition) is 1. The van der Waals surface area contributed by atoms with Gasteiger partial charge in [0.05, 0.1) is 23.7 Å². The molecule has 1 unspecified atom stereocenters. The van der Waals surface area contributed by atoms with Crippen molar-refractivity contribution in [1.82, 2.24) is 4.90 Å². The van der Waals surface area contributed by atoms with E-state index in [9.17, 15) is 22.7 Å². The van der Waals surface area contributed by atoms with Gasteiger partial charge in [0.1, 0.15) is 16.5 Å². The Hall–Kier alpha value is -3.10. The molecule has 0 radical (unpaired) electrons. The van der Waals surface area contributed by atoms with Gasteiger partial charge in [-0.25, -0.2) is 12.8 Å². The van der Waals surface area contributed by atoms with Crippen molar-refractivity contribution in [2.45, 2.75) is 17.5 Å². The fourth-order valence-electron chi connectivity index (χ4n) is 3.35. The summed E-state index contributed by atoms with van der Waals surface area (Å²) in [5.74, 6) is -1.87. The zero-order chi connectivity index (χ0) is 21.5. The van der Waals surface area contributed by atoms with Crippen LogP contribution in [0.15, 0.2) is 86.9 Å². The monoisotopic (exact) mass is 447 g/mol. The van der Waals surface area contributed by atoms with Gasteiger partial charge in [0.15, 0.2) is 5.76 Å². The SMILES string of the molecule is O=C1C(O)=C(S(=O)(=O)c2ccc(Cl)cc2)C(c2ccc(F)cc2)N1Cc1ccco1. The molecule has 1 aliphatic rings. The van der Waals surface area contributed by atoms with Crippen LogP contribution in [0.1, 0.15) is 17.4 Å². The van der Waals surface area contributed by atoms with E-state index in [1.165, 1.54) is 47.6 Å². The quantitative estimate of drug-likeness (QED) is 0.626. The number of amides is 1. The first-order valence-corrected chi connectivity index (χ1v) is 10.7. The Balaban J connectivity index is 1.86. The molecule has 2 aromatic carbocycles. The molecule has 0 spiro atoms. The molecule has 0 saturated carbocycles. The molecule has 0 bridgehead atoms. The van der Waals surface area contributed by atoms with Crippen molar-refractivity contribution in [3.8, 4) is 0 Å². The molecule has 4 rings (SSSR count). The van der Waals surface area contributed by atoms with Crippen LogP contribution in [-0.2, 0) is 21.2 Å². The zero-order valence-corrected chi connectivity index (χ0v) is 16.9. The molecular weight excluding hydrogens is 433 g/mol. The summed E-state index contributed by atoms with van der Waals surface area (Å²) in [5, 5.41) is 10.9. The van der Waals surface area contributed by atoms with Gasteiger partial charge >= 0.3 is 0 Å². The molecular formula is C21H15ClFNO5S. The lowest BCUT2D eigenvalue weighted by Crippen LogP contribution is -2.30. The van der Waals surface area contributed by atoms with Gasteiger partial charge in [0.2, 0.25) is 9.84 Å². The molecule has 0 saturated heterocycles. The second kappa shape index (κ2) is 7.62. The molecule has 1 atom stereocenters. The van der Waals surface area contributed by atoms with E-state index in [0.717, 1.165) is 12.1 Å². The van der Waals surface area contributed by atoms with Crippen molar-refractivity contribution in [3.63, 3.8) is 0 Å². The Kier molecular flexibility index (Phi) is 5.13. The topological polar surface area (TPSA) is 87.8 Å². The summed E-state index contributed by atoms with van der Waals surface area (Å²) in [6.07, 6.45) is 1.42. The highest BCUT2D eigenvalue weighted by Crippen LogP contribution is 2.43. The third kappa shape index (κ3) is 3.48. The predicted molar refractivity (Wildman–Crippen MR) is 107 cm³/mol. The van der Waals surface area contributed by atoms with Crippen LogP contribution in [0.4, 0.5) is 4.39 Å². The van der Waals surface area contributed by atoms with E-state index in [4.69, 9.17) is 16.0 Å². The van der Waals surface area contributed by atoms with Crippen LogP contribution in [0.25, 0.3) is 0 Å². The Morgan fingerprint density at radius 1 is 1.07 bits per heavy atom. The van der Waals surface area contributed by atoms with Crippen LogP contribution in [0, 0.1) is 5.82 Å². The number of aliphatic hydroxyl groups is 1. The minimum Gasteiger partial charge on any atom is -0.502 e. The first kappa shape index (κ1) is 20.2. The third-order valence-corrected chi connectivity index (χ3v) is 6.90. The van der Waals surface area contributed by atoms with Gasteiger partial charge in [-0.3, -0.25) is 4.79 Å². The van der Waals surface area contributed by atoms with Crippen LogP contribution in [0.5, 0.6) is 0 Å². The Morgan fingerprint density at radius 2 is 1.73 bits per heavy atom. The number of hydrogen-bond acceptors (Lipinski definition) is 5. The standard InChI is InChI=1S/C21H15ClFNO5S/c22-14-5-9-17(10-6-14)30(27,28)20-18(13-3-7-15(23)8-4-13)24(21(26)19(20)25)12-16-2-1-11-29-16/h1-11,18,25H,12H2. The molecule has 1 aliphatic heterocycles. The minimum atomic E-state index is -4.27. The normalized spacial score (nSPS) is 17.1. The van der Waals surface area contributed by atoms with Crippen molar-refractivity contribution in [1.29, 1.82) is 0 Å². The average molecular weight is 448 g/mol. The number of carbonyl (C=O) groups excluding carboxylic acids is 1. The maximum atomic E-state index is 13.5. The summed E-state index contributed by atoms with van der Waals surface area (Å²) in [5.41, 5.74) is 0.327. The molecule has 1 aromatic heterocycles. The molecule has 0 fully saturated rings. The number of sulfone groups is 1. The number of benzene rings is 2. The molecule has 6 nitrogen and oxygen atoms in total. The number of furan rings is 1. The van der Waals surface area contributed by atoms with Crippen molar-refractivity contribution in [2.75, 3.05) is 0 Å². The molecule has 30 heavy (non-hydrogen) atoms. The van der Waals surface area contributed by atoms with E-state index in [2.05, 4.69) is 0 Å². The van der Waals surface area contributed by atoms with E-state index in [0.29, 0.717) is 16.3 Å². The predicted octanol–water partition coefficient (Wildman–Crippen LogP) is 4.40. The van der Waals surface area contributed by atoms with Crippen LogP contribution in [0.3, 0.4) is 0 Å². The Labute approximate surface area is 176 Å². The van der Waals surface area contributed by atoms with Crippen LogP contribution in [0.2, 0.25) is 5.02 Å². The second-order valence-electron chi connectivity index (χ2n) is 6.64. The van der Waals surface area contributed by atoms with E-state index in [1.807, 2.05) is 0 Å². The number of halogens is 2. The van der Waals surface area contributed by atoms with Crippen LogP contribution >= 0.6 is 11.6 Å². The largest absolute Gasteiger partial charge is 0.502 e. The van der Waals surface area contributed by atoms with Gasteiger partial charge in [-0.15, -0.1) is 0 Å². The van der Waals surface area contributed by atoms with E-state index >= 15 is 0 Å². The lowest BCUT2D eigenvalue weighted by Gasteiger charge is -2.26. The highest BCUT2D eigenvalue weighted by molar-refractivity contribution is 7.95. The Morgan fingerprint density at radius 3 is 2.33 bits per heavy atom. The summed E-state index contributed by atoms with van der Waals surface area (Å²) in [4.78, 5) is 13.4. The maximum absolute atomic E-state index is 13.5. The number of carbonyl (C=O) groups is 1. The third-order valence-electron chi connectivity index (χ3n) is 4.76. The summed E-state index contributed by atoms with van der Waals surface area (Å²) >= 11 is 5.85. The smallest absolute Gasteiger partial charge is 0.291 e. The maximum Gasteiger partial charge on any atom is 0.291 e. The molecule has 1 amide bonds. The van der Waals surface area contributed by atoms with Crippen molar-refractivity contribution >= 4 is 27.3 Å². The van der Waals surface area contributed by atoms with Gasteiger partial charge < -0.3 is 14.4 Å². The molecule has 3 aromatic rings. The Bertz CT molecular complexity index is 1220. The fraction of sp³-hybridized carbons (Fsp3) is 0.0952. The zero-order valence-electron chi connectivity index (χ0n) is 15.3. The van der Waals surface area contributed by atoms with Crippen molar-refractivity contribution in [2.24, 2.45) is 0 Å². The first-order valence-electron chi connectivity index (χ1n) is 8.81. The van der Waals surface area contributed by atoms with Crippen LogP contribution in [-0.4, -0.2) is 24.3 Å². The first-order chi connectivity index (χ1) is 14.3. The molecule has 154 valence electrons. The number of aliphatic hydroxyl groups excluding tert-OH is 1. The summed E-state index contributed by atoms with van der Waals surface area (Å²) in [6, 6.07) is 12.5. The number of nitrogens with zero attached hydrogens (tertiary/aromatic N) is 1. The fourth-order valence-corrected chi connectivity index (χ4v) is 5.13. The molecule has 2 heterocycles. The molecule has 0 aliphatic carbocycles. The van der Waals surface area contributed by atoms with Gasteiger partial charge in [0.25, 0.3) is 5.91 Å². The van der Waals surface area contributed by atoms with E-state index < -0.39 is 38.3 Å².